The zero-order valence-corrected chi connectivity index (χ0v) is 8.84. The Hall–Kier alpha value is -1.11. The predicted molar refractivity (Wildman–Crippen MR) is 58.5 cm³/mol. The van der Waals surface area contributed by atoms with Gasteiger partial charge in [-0.05, 0) is 28.7 Å². The van der Waals surface area contributed by atoms with Crippen LogP contribution >= 0.6 is 22.6 Å². The van der Waals surface area contributed by atoms with Gasteiger partial charge in [-0.15, -0.1) is 0 Å². The molecule has 0 radical (unpaired) electrons. The second-order valence-corrected chi connectivity index (χ2v) is 3.78. The Morgan fingerprint density at radius 1 is 1.38 bits per heavy atom. The van der Waals surface area contributed by atoms with Crippen molar-refractivity contribution in [2.24, 2.45) is 0 Å². The first-order chi connectivity index (χ1) is 6.27. The van der Waals surface area contributed by atoms with Crippen LogP contribution in [0.5, 0.6) is 0 Å². The molecule has 0 fully saturated rings. The molecule has 0 aliphatic rings. The van der Waals surface area contributed by atoms with Crippen LogP contribution in [0.15, 0.2) is 30.9 Å². The zero-order chi connectivity index (χ0) is 9.26. The summed E-state index contributed by atoms with van der Waals surface area (Å²) in [4.78, 5) is 3.91. The molecular weight excluding hydrogens is 279 g/mol. The minimum Gasteiger partial charge on any atom is -0.396 e. The van der Waals surface area contributed by atoms with Crippen LogP contribution in [0, 0.1) is 3.57 Å². The molecule has 4 nitrogen and oxygen atoms in total. The van der Waals surface area contributed by atoms with Gasteiger partial charge in [0.1, 0.15) is 0 Å². The van der Waals surface area contributed by atoms with E-state index in [4.69, 9.17) is 5.73 Å². The highest BCUT2D eigenvalue weighted by Crippen LogP contribution is 2.14. The number of pyridine rings is 1. The lowest BCUT2D eigenvalue weighted by molar-refractivity contribution is 0.880. The van der Waals surface area contributed by atoms with E-state index in [1.807, 2.05) is 12.3 Å². The van der Waals surface area contributed by atoms with Gasteiger partial charge >= 0.3 is 0 Å². The highest BCUT2D eigenvalue weighted by Gasteiger charge is 2.01. The van der Waals surface area contributed by atoms with Crippen molar-refractivity contribution in [2.45, 2.75) is 0 Å². The van der Waals surface area contributed by atoms with E-state index < -0.39 is 0 Å². The molecule has 0 bridgehead atoms. The number of rotatable bonds is 1. The molecule has 0 saturated carbocycles. The third kappa shape index (κ3) is 1.64. The molecule has 0 aliphatic carbocycles. The minimum atomic E-state index is 0.627. The van der Waals surface area contributed by atoms with E-state index in [-0.39, 0.29) is 0 Å². The van der Waals surface area contributed by atoms with E-state index in [2.05, 4.69) is 32.7 Å². The van der Waals surface area contributed by atoms with Crippen LogP contribution in [0.2, 0.25) is 0 Å². The van der Waals surface area contributed by atoms with E-state index in [1.165, 1.54) is 0 Å². The van der Waals surface area contributed by atoms with Gasteiger partial charge in [-0.25, -0.2) is 4.68 Å². The van der Waals surface area contributed by atoms with Gasteiger partial charge in [-0.2, -0.15) is 5.10 Å². The molecule has 2 aromatic rings. The third-order valence-corrected chi connectivity index (χ3v) is 2.18. The predicted octanol–water partition coefficient (Wildman–Crippen LogP) is 1.45. The Labute approximate surface area is 88.9 Å². The van der Waals surface area contributed by atoms with Crippen LogP contribution in [0.4, 0.5) is 5.69 Å². The molecular formula is C8H7IN4. The Kier molecular flexibility index (Phi) is 2.17. The lowest BCUT2D eigenvalue weighted by Crippen LogP contribution is -2.00. The molecule has 2 heterocycles. The highest BCUT2D eigenvalue weighted by molar-refractivity contribution is 14.1. The van der Waals surface area contributed by atoms with Gasteiger partial charge in [0, 0.05) is 12.4 Å². The van der Waals surface area contributed by atoms with E-state index in [0.29, 0.717) is 5.69 Å². The maximum Gasteiger partial charge on any atom is 0.0906 e. The van der Waals surface area contributed by atoms with Gasteiger partial charge in [-0.1, -0.05) is 0 Å². The van der Waals surface area contributed by atoms with E-state index in [0.717, 1.165) is 9.26 Å². The van der Waals surface area contributed by atoms with Gasteiger partial charge in [0.25, 0.3) is 0 Å². The van der Waals surface area contributed by atoms with Crippen LogP contribution in [-0.4, -0.2) is 14.8 Å². The van der Waals surface area contributed by atoms with Gasteiger partial charge in [0.05, 0.1) is 27.3 Å². The van der Waals surface area contributed by atoms with Gasteiger partial charge in [0.2, 0.25) is 0 Å². The van der Waals surface area contributed by atoms with Crippen LogP contribution in [0.1, 0.15) is 0 Å². The van der Waals surface area contributed by atoms with Crippen LogP contribution in [-0.2, 0) is 0 Å². The summed E-state index contributed by atoms with van der Waals surface area (Å²) < 4.78 is 2.81. The number of anilines is 1. The van der Waals surface area contributed by atoms with Crippen molar-refractivity contribution in [1.29, 1.82) is 0 Å². The number of halogens is 1. The molecule has 0 saturated heterocycles. The lowest BCUT2D eigenvalue weighted by Gasteiger charge is -2.02. The fraction of sp³-hybridized carbons (Fsp3) is 0. The molecule has 2 aromatic heterocycles. The summed E-state index contributed by atoms with van der Waals surface area (Å²) in [6.07, 6.45) is 7.00. The lowest BCUT2D eigenvalue weighted by atomic mass is 10.3. The minimum absolute atomic E-state index is 0.627. The molecule has 0 spiro atoms. The van der Waals surface area contributed by atoms with Crippen LogP contribution in [0.25, 0.3) is 5.69 Å². The van der Waals surface area contributed by atoms with E-state index >= 15 is 0 Å². The van der Waals surface area contributed by atoms with E-state index in [1.54, 1.807) is 23.3 Å². The van der Waals surface area contributed by atoms with Gasteiger partial charge in [0.15, 0.2) is 0 Å². The first-order valence-corrected chi connectivity index (χ1v) is 4.75. The monoisotopic (exact) mass is 286 g/mol. The summed E-state index contributed by atoms with van der Waals surface area (Å²) in [5, 5.41) is 4.15. The van der Waals surface area contributed by atoms with Crippen LogP contribution in [0.3, 0.4) is 0 Å². The van der Waals surface area contributed by atoms with Crippen molar-refractivity contribution < 1.29 is 0 Å². The Morgan fingerprint density at radius 2 is 2.23 bits per heavy atom. The average molecular weight is 286 g/mol. The number of aromatic nitrogens is 3. The maximum atomic E-state index is 5.74. The second kappa shape index (κ2) is 3.33. The highest BCUT2D eigenvalue weighted by atomic mass is 127. The molecule has 0 atom stereocenters. The topological polar surface area (TPSA) is 56.7 Å². The van der Waals surface area contributed by atoms with Gasteiger partial charge < -0.3 is 5.73 Å². The van der Waals surface area contributed by atoms with E-state index in [9.17, 15) is 0 Å². The molecule has 0 aromatic carbocycles. The first-order valence-electron chi connectivity index (χ1n) is 3.67. The molecule has 13 heavy (non-hydrogen) atoms. The number of hydrogen-bond donors (Lipinski definition) is 1. The fourth-order valence-corrected chi connectivity index (χ4v) is 1.43. The number of nitrogen functional groups attached to an aromatic ring is 1. The summed E-state index contributed by atoms with van der Waals surface area (Å²) >= 11 is 2.20. The molecule has 0 unspecified atom stereocenters. The summed E-state index contributed by atoms with van der Waals surface area (Å²) in [7, 11) is 0. The molecule has 0 aliphatic heterocycles. The number of nitrogens with zero attached hydrogens (tertiary/aromatic N) is 3. The molecule has 5 heteroatoms. The third-order valence-electron chi connectivity index (χ3n) is 1.63. The van der Waals surface area contributed by atoms with Crippen molar-refractivity contribution in [3.63, 3.8) is 0 Å². The molecule has 2 rings (SSSR count). The molecule has 0 amide bonds. The van der Waals surface area contributed by atoms with Gasteiger partial charge in [-0.3, -0.25) is 4.98 Å². The van der Waals surface area contributed by atoms with Crippen molar-refractivity contribution in [3.8, 4) is 5.69 Å². The number of hydrogen-bond acceptors (Lipinski definition) is 3. The van der Waals surface area contributed by atoms with Crippen molar-refractivity contribution in [2.75, 3.05) is 5.73 Å². The maximum absolute atomic E-state index is 5.74. The largest absolute Gasteiger partial charge is 0.396 e. The first kappa shape index (κ1) is 8.49. The molecule has 2 N–H and O–H groups in total. The quantitative estimate of drug-likeness (QED) is 0.807. The summed E-state index contributed by atoms with van der Waals surface area (Å²) in [5.74, 6) is 0. The van der Waals surface area contributed by atoms with Crippen LogP contribution < -0.4 is 5.73 Å². The Bertz CT molecular complexity index is 424. The normalized spacial score (nSPS) is 10.2. The van der Waals surface area contributed by atoms with Crippen molar-refractivity contribution >= 4 is 28.3 Å². The summed E-state index contributed by atoms with van der Waals surface area (Å²) in [6.45, 7) is 0. The second-order valence-electron chi connectivity index (χ2n) is 2.54. The SMILES string of the molecule is Nc1cnccc1-n1cc(I)cn1. The van der Waals surface area contributed by atoms with Crippen molar-refractivity contribution in [1.82, 2.24) is 14.8 Å². The zero-order valence-electron chi connectivity index (χ0n) is 6.68. The summed E-state index contributed by atoms with van der Waals surface area (Å²) in [6, 6.07) is 1.83. The van der Waals surface area contributed by atoms with Crippen molar-refractivity contribution in [3.05, 3.63) is 34.4 Å². The smallest absolute Gasteiger partial charge is 0.0906 e. The fourth-order valence-electron chi connectivity index (χ4n) is 1.04. The Morgan fingerprint density at radius 3 is 2.85 bits per heavy atom. The standard InChI is InChI=1S/C8H7IN4/c9-6-3-12-13(5-6)8-1-2-11-4-7(8)10/h1-5H,10H2. The average Bonchev–Trinajstić information content (AvgIpc) is 2.53. The Balaban J connectivity index is 2.52. The summed E-state index contributed by atoms with van der Waals surface area (Å²) in [5.41, 5.74) is 7.22. The number of nitrogens with two attached hydrogens (primary N) is 1. The molecule has 66 valence electrons.